The van der Waals surface area contributed by atoms with Crippen LogP contribution >= 0.6 is 27.7 Å². The van der Waals surface area contributed by atoms with E-state index < -0.39 is 0 Å². The van der Waals surface area contributed by atoms with E-state index in [1.54, 1.807) is 6.21 Å². The van der Waals surface area contributed by atoms with Gasteiger partial charge in [0, 0.05) is 11.0 Å². The molecule has 154 valence electrons. The summed E-state index contributed by atoms with van der Waals surface area (Å²) in [6.45, 7) is 0.631. The standard InChI is InChI=1S/C19H17BrN6O3S/c20-14-3-1-2-12(6-14)9-22-24-18-23-19(26-25-18)30-10-17(27)21-8-13-4-5-15-16(7-13)29-11-28-15/h1-7,9H,8,10-11H2,(H,21,27)(H2,23,24,25,26)/b22-9-. The Kier molecular flexibility index (Phi) is 6.50. The first kappa shape index (κ1) is 20.2. The molecule has 2 aromatic carbocycles. The third-order valence-corrected chi connectivity index (χ3v) is 5.30. The smallest absolute Gasteiger partial charge is 0.240 e. The van der Waals surface area contributed by atoms with E-state index in [-0.39, 0.29) is 18.5 Å². The predicted octanol–water partition coefficient (Wildman–Crippen LogP) is 3.15. The van der Waals surface area contributed by atoms with Gasteiger partial charge in [0.05, 0.1) is 12.0 Å². The molecule has 0 fully saturated rings. The number of aromatic amines is 1. The summed E-state index contributed by atoms with van der Waals surface area (Å²) in [5, 5.41) is 14.2. The SMILES string of the molecule is O=C(CSc1n[nH]c(N/N=C\c2cccc(Br)c2)n1)NCc1ccc2c(c1)OCO2. The molecule has 1 aliphatic rings. The Labute approximate surface area is 184 Å². The van der Waals surface area contributed by atoms with E-state index in [2.05, 4.69) is 47.0 Å². The number of amides is 1. The highest BCUT2D eigenvalue weighted by Crippen LogP contribution is 2.32. The largest absolute Gasteiger partial charge is 0.454 e. The topological polar surface area (TPSA) is 114 Å². The number of ether oxygens (including phenoxy) is 2. The van der Waals surface area contributed by atoms with Crippen molar-refractivity contribution in [3.8, 4) is 11.5 Å². The second-order valence-electron chi connectivity index (χ2n) is 6.14. The molecule has 0 spiro atoms. The van der Waals surface area contributed by atoms with Crippen molar-refractivity contribution in [2.24, 2.45) is 5.10 Å². The monoisotopic (exact) mass is 488 g/mol. The van der Waals surface area contributed by atoms with Crippen LogP contribution in [0.25, 0.3) is 0 Å². The lowest BCUT2D eigenvalue weighted by Gasteiger charge is -2.05. The Morgan fingerprint density at radius 3 is 3.07 bits per heavy atom. The van der Waals surface area contributed by atoms with Crippen molar-refractivity contribution < 1.29 is 14.3 Å². The van der Waals surface area contributed by atoms with Gasteiger partial charge in [-0.3, -0.25) is 4.79 Å². The fourth-order valence-electron chi connectivity index (χ4n) is 2.55. The minimum Gasteiger partial charge on any atom is -0.454 e. The maximum absolute atomic E-state index is 12.1. The Bertz CT molecular complexity index is 1070. The highest BCUT2D eigenvalue weighted by molar-refractivity contribution is 9.10. The molecule has 1 aromatic heterocycles. The molecule has 2 heterocycles. The van der Waals surface area contributed by atoms with E-state index in [0.717, 1.165) is 21.3 Å². The van der Waals surface area contributed by atoms with E-state index in [9.17, 15) is 4.79 Å². The van der Waals surface area contributed by atoms with Crippen LogP contribution < -0.4 is 20.2 Å². The number of halogens is 1. The number of nitrogens with zero attached hydrogens (tertiary/aromatic N) is 3. The van der Waals surface area contributed by atoms with Crippen LogP contribution in [0.15, 0.2) is 57.2 Å². The van der Waals surface area contributed by atoms with Gasteiger partial charge in [-0.2, -0.15) is 10.1 Å². The molecular weight excluding hydrogens is 472 g/mol. The van der Waals surface area contributed by atoms with Gasteiger partial charge < -0.3 is 14.8 Å². The summed E-state index contributed by atoms with van der Waals surface area (Å²) in [5.74, 6) is 1.88. The van der Waals surface area contributed by atoms with E-state index in [4.69, 9.17) is 9.47 Å². The van der Waals surface area contributed by atoms with E-state index >= 15 is 0 Å². The second-order valence-corrected chi connectivity index (χ2v) is 8.00. The average Bonchev–Trinajstić information content (AvgIpc) is 3.39. The van der Waals surface area contributed by atoms with Crippen LogP contribution in [0.2, 0.25) is 0 Å². The molecule has 0 aliphatic carbocycles. The van der Waals surface area contributed by atoms with Gasteiger partial charge in [0.1, 0.15) is 0 Å². The zero-order chi connectivity index (χ0) is 20.8. The van der Waals surface area contributed by atoms with Crippen molar-refractivity contribution in [1.82, 2.24) is 20.5 Å². The molecule has 4 rings (SSSR count). The number of nitrogens with one attached hydrogen (secondary N) is 3. The molecule has 0 saturated heterocycles. The third-order valence-electron chi connectivity index (χ3n) is 3.96. The number of carbonyl (C=O) groups is 1. The molecule has 0 saturated carbocycles. The maximum Gasteiger partial charge on any atom is 0.240 e. The molecule has 0 radical (unpaired) electrons. The number of anilines is 1. The summed E-state index contributed by atoms with van der Waals surface area (Å²) in [4.78, 5) is 16.3. The molecule has 9 nitrogen and oxygen atoms in total. The van der Waals surface area contributed by atoms with Crippen LogP contribution in [0.5, 0.6) is 11.5 Å². The summed E-state index contributed by atoms with van der Waals surface area (Å²) >= 11 is 4.64. The van der Waals surface area contributed by atoms with Gasteiger partial charge in [0.2, 0.25) is 23.8 Å². The number of fused-ring (bicyclic) bond motifs is 1. The summed E-state index contributed by atoms with van der Waals surface area (Å²) in [6.07, 6.45) is 1.67. The fourth-order valence-corrected chi connectivity index (χ4v) is 3.59. The summed E-state index contributed by atoms with van der Waals surface area (Å²) < 4.78 is 11.6. The van der Waals surface area contributed by atoms with Gasteiger partial charge in [-0.1, -0.05) is 45.9 Å². The fraction of sp³-hybridized carbons (Fsp3) is 0.158. The van der Waals surface area contributed by atoms with Crippen molar-refractivity contribution in [1.29, 1.82) is 0 Å². The van der Waals surface area contributed by atoms with Crippen molar-refractivity contribution in [3.05, 3.63) is 58.1 Å². The molecular formula is C19H17BrN6O3S. The average molecular weight is 489 g/mol. The van der Waals surface area contributed by atoms with Crippen LogP contribution in [-0.2, 0) is 11.3 Å². The summed E-state index contributed by atoms with van der Waals surface area (Å²) in [6, 6.07) is 13.3. The van der Waals surface area contributed by atoms with E-state index in [1.807, 2.05) is 42.5 Å². The quantitative estimate of drug-likeness (QED) is 0.253. The first-order chi connectivity index (χ1) is 14.7. The maximum atomic E-state index is 12.1. The molecule has 11 heteroatoms. The number of H-pyrrole nitrogens is 1. The van der Waals surface area contributed by atoms with Crippen molar-refractivity contribution in [2.45, 2.75) is 11.7 Å². The second kappa shape index (κ2) is 9.63. The van der Waals surface area contributed by atoms with Gasteiger partial charge in [-0.05, 0) is 35.4 Å². The summed E-state index contributed by atoms with van der Waals surface area (Å²) in [5.41, 5.74) is 4.65. The van der Waals surface area contributed by atoms with Crippen molar-refractivity contribution in [3.63, 3.8) is 0 Å². The number of thioether (sulfide) groups is 1. The lowest BCUT2D eigenvalue weighted by atomic mass is 10.2. The Hall–Kier alpha value is -3.05. The van der Waals surface area contributed by atoms with Crippen LogP contribution in [0.3, 0.4) is 0 Å². The van der Waals surface area contributed by atoms with Crippen LogP contribution in [-0.4, -0.2) is 39.8 Å². The molecule has 0 unspecified atom stereocenters. The van der Waals surface area contributed by atoms with Crippen LogP contribution in [0.4, 0.5) is 5.95 Å². The van der Waals surface area contributed by atoms with E-state index in [0.29, 0.717) is 23.4 Å². The molecule has 1 amide bonds. The number of aromatic nitrogens is 3. The first-order valence-electron chi connectivity index (χ1n) is 8.91. The minimum absolute atomic E-state index is 0.121. The number of hydrazone groups is 1. The minimum atomic E-state index is -0.121. The van der Waals surface area contributed by atoms with Gasteiger partial charge in [0.25, 0.3) is 0 Å². The van der Waals surface area contributed by atoms with Gasteiger partial charge in [-0.15, -0.1) is 5.10 Å². The molecule has 0 bridgehead atoms. The third kappa shape index (κ3) is 5.51. The van der Waals surface area contributed by atoms with Gasteiger partial charge in [-0.25, -0.2) is 10.5 Å². The number of rotatable bonds is 8. The zero-order valence-electron chi connectivity index (χ0n) is 15.6. The highest BCUT2D eigenvalue weighted by Gasteiger charge is 2.13. The Balaban J connectivity index is 1.20. The molecule has 0 atom stereocenters. The molecule has 1 aliphatic heterocycles. The van der Waals surface area contributed by atoms with Crippen molar-refractivity contribution in [2.75, 3.05) is 18.0 Å². The lowest BCUT2D eigenvalue weighted by Crippen LogP contribution is -2.24. The number of benzene rings is 2. The van der Waals surface area contributed by atoms with E-state index in [1.165, 1.54) is 11.8 Å². The Morgan fingerprint density at radius 1 is 1.27 bits per heavy atom. The molecule has 3 N–H and O–H groups in total. The predicted molar refractivity (Wildman–Crippen MR) is 117 cm³/mol. The lowest BCUT2D eigenvalue weighted by molar-refractivity contribution is -0.118. The normalized spacial score (nSPS) is 12.3. The highest BCUT2D eigenvalue weighted by atomic mass is 79.9. The van der Waals surface area contributed by atoms with Crippen molar-refractivity contribution >= 4 is 45.8 Å². The Morgan fingerprint density at radius 2 is 2.17 bits per heavy atom. The van der Waals surface area contributed by atoms with Gasteiger partial charge >= 0.3 is 0 Å². The van der Waals surface area contributed by atoms with Crippen LogP contribution in [0.1, 0.15) is 11.1 Å². The molecule has 3 aromatic rings. The first-order valence-corrected chi connectivity index (χ1v) is 10.7. The molecule has 30 heavy (non-hydrogen) atoms. The summed E-state index contributed by atoms with van der Waals surface area (Å²) in [7, 11) is 0. The number of carbonyl (C=O) groups excluding carboxylic acids is 1. The van der Waals surface area contributed by atoms with Crippen LogP contribution in [0, 0.1) is 0 Å². The number of hydrogen-bond donors (Lipinski definition) is 3. The number of hydrogen-bond acceptors (Lipinski definition) is 8. The van der Waals surface area contributed by atoms with Gasteiger partial charge in [0.15, 0.2) is 11.5 Å². The zero-order valence-corrected chi connectivity index (χ0v) is 18.0.